The number of hydrogen-bond acceptors (Lipinski definition) is 5. The average Bonchev–Trinajstić information content (AvgIpc) is 2.57. The molecular weight excluding hydrogens is 348 g/mol. The van der Waals surface area contributed by atoms with Gasteiger partial charge in [-0.1, -0.05) is 30.3 Å². The molecule has 0 aromatic heterocycles. The summed E-state index contributed by atoms with van der Waals surface area (Å²) < 4.78 is 10.6. The summed E-state index contributed by atoms with van der Waals surface area (Å²) in [5.41, 5.74) is -0.611. The van der Waals surface area contributed by atoms with Crippen LogP contribution in [0.1, 0.15) is 52.0 Å². The van der Waals surface area contributed by atoms with E-state index in [-0.39, 0.29) is 18.9 Å². The van der Waals surface area contributed by atoms with Crippen LogP contribution < -0.4 is 10.6 Å². The number of unbranched alkanes of at least 4 members (excludes halogenated alkanes) is 1. The van der Waals surface area contributed by atoms with E-state index < -0.39 is 23.2 Å². The number of carbonyl (C=O) groups excluding carboxylic acids is 3. The molecule has 1 heterocycles. The van der Waals surface area contributed by atoms with Gasteiger partial charge < -0.3 is 20.1 Å². The Hall–Kier alpha value is -2.57. The molecule has 0 radical (unpaired) electrons. The third-order valence-corrected chi connectivity index (χ3v) is 4.14. The van der Waals surface area contributed by atoms with E-state index in [0.29, 0.717) is 25.8 Å². The van der Waals surface area contributed by atoms with Crippen molar-refractivity contribution in [1.82, 2.24) is 10.6 Å². The second-order valence-electron chi connectivity index (χ2n) is 7.75. The van der Waals surface area contributed by atoms with Crippen LogP contribution in [0.5, 0.6) is 0 Å². The average molecular weight is 376 g/mol. The number of esters is 1. The fraction of sp³-hybridized carbons (Fsp3) is 0.550. The van der Waals surface area contributed by atoms with Crippen LogP contribution in [0.15, 0.2) is 30.3 Å². The van der Waals surface area contributed by atoms with E-state index in [2.05, 4.69) is 10.6 Å². The summed E-state index contributed by atoms with van der Waals surface area (Å²) in [6, 6.07) is 9.44. The van der Waals surface area contributed by atoms with Gasteiger partial charge in [0.05, 0.1) is 6.42 Å². The molecule has 2 amide bonds. The highest BCUT2D eigenvalue weighted by atomic mass is 16.6. The van der Waals surface area contributed by atoms with E-state index in [4.69, 9.17) is 9.47 Å². The second-order valence-corrected chi connectivity index (χ2v) is 7.75. The van der Waals surface area contributed by atoms with Crippen molar-refractivity contribution in [2.24, 2.45) is 0 Å². The van der Waals surface area contributed by atoms with Crippen LogP contribution in [0.3, 0.4) is 0 Å². The molecule has 1 aliphatic heterocycles. The largest absolute Gasteiger partial charge is 0.458 e. The van der Waals surface area contributed by atoms with Gasteiger partial charge in [-0.3, -0.25) is 4.79 Å². The van der Waals surface area contributed by atoms with Crippen LogP contribution in [0, 0.1) is 0 Å². The Morgan fingerprint density at radius 1 is 1.19 bits per heavy atom. The molecule has 7 nitrogen and oxygen atoms in total. The molecule has 1 saturated heterocycles. The number of alkyl carbamates (subject to hydrolysis) is 1. The molecule has 1 aromatic rings. The normalized spacial score (nSPS) is 18.9. The Morgan fingerprint density at radius 3 is 2.44 bits per heavy atom. The van der Waals surface area contributed by atoms with Gasteiger partial charge in [-0.05, 0) is 45.6 Å². The van der Waals surface area contributed by atoms with Crippen molar-refractivity contribution >= 4 is 18.0 Å². The van der Waals surface area contributed by atoms with Gasteiger partial charge in [0.1, 0.15) is 17.7 Å². The van der Waals surface area contributed by atoms with Crippen LogP contribution in [0.25, 0.3) is 0 Å². The molecule has 2 rings (SSSR count). The molecule has 1 unspecified atom stereocenters. The van der Waals surface area contributed by atoms with Crippen molar-refractivity contribution < 1.29 is 23.9 Å². The van der Waals surface area contributed by atoms with Gasteiger partial charge in [0.15, 0.2) is 0 Å². The lowest BCUT2D eigenvalue weighted by atomic mass is 9.82. The minimum absolute atomic E-state index is 0.147. The number of hydrogen-bond donors (Lipinski definition) is 2. The predicted octanol–water partition coefficient (Wildman–Crippen LogP) is 2.68. The monoisotopic (exact) mass is 376 g/mol. The van der Waals surface area contributed by atoms with Crippen molar-refractivity contribution in [3.8, 4) is 0 Å². The van der Waals surface area contributed by atoms with E-state index in [0.717, 1.165) is 5.56 Å². The first-order chi connectivity index (χ1) is 12.7. The van der Waals surface area contributed by atoms with Crippen molar-refractivity contribution in [1.29, 1.82) is 0 Å². The third-order valence-electron chi connectivity index (χ3n) is 4.14. The highest BCUT2D eigenvalue weighted by Crippen LogP contribution is 2.29. The van der Waals surface area contributed by atoms with E-state index >= 15 is 0 Å². The van der Waals surface area contributed by atoms with E-state index in [9.17, 15) is 14.4 Å². The molecule has 7 heteroatoms. The van der Waals surface area contributed by atoms with Crippen LogP contribution in [0.4, 0.5) is 4.79 Å². The lowest BCUT2D eigenvalue weighted by molar-refractivity contribution is -0.171. The first-order valence-electron chi connectivity index (χ1n) is 9.19. The van der Waals surface area contributed by atoms with Crippen LogP contribution >= 0.6 is 0 Å². The van der Waals surface area contributed by atoms with Gasteiger partial charge >= 0.3 is 12.1 Å². The zero-order chi connectivity index (χ0) is 19.9. The zero-order valence-electron chi connectivity index (χ0n) is 16.2. The van der Waals surface area contributed by atoms with Gasteiger partial charge in [-0.15, -0.1) is 0 Å². The molecule has 27 heavy (non-hydrogen) atoms. The maximum Gasteiger partial charge on any atom is 0.407 e. The van der Waals surface area contributed by atoms with Crippen molar-refractivity contribution in [3.63, 3.8) is 0 Å². The predicted molar refractivity (Wildman–Crippen MR) is 99.8 cm³/mol. The third kappa shape index (κ3) is 6.58. The van der Waals surface area contributed by atoms with Gasteiger partial charge in [-0.2, -0.15) is 0 Å². The summed E-state index contributed by atoms with van der Waals surface area (Å²) in [6.45, 7) is 6.05. The summed E-state index contributed by atoms with van der Waals surface area (Å²) in [7, 11) is 0. The zero-order valence-corrected chi connectivity index (χ0v) is 16.2. The van der Waals surface area contributed by atoms with Crippen LogP contribution in [0.2, 0.25) is 0 Å². The Balaban J connectivity index is 1.66. The molecule has 1 fully saturated rings. The SMILES string of the molecule is CC(C)(C)OC(=O)C1(CCCCNC(=O)OCc2ccccc2)CC(=O)N1. The molecule has 148 valence electrons. The van der Waals surface area contributed by atoms with E-state index in [1.807, 2.05) is 30.3 Å². The lowest BCUT2D eigenvalue weighted by Crippen LogP contribution is -2.66. The van der Waals surface area contributed by atoms with E-state index in [1.54, 1.807) is 20.8 Å². The van der Waals surface area contributed by atoms with Crippen LogP contribution in [-0.4, -0.2) is 35.7 Å². The molecule has 0 saturated carbocycles. The Morgan fingerprint density at radius 2 is 1.85 bits per heavy atom. The Labute approximate surface area is 159 Å². The molecule has 1 aromatic carbocycles. The minimum Gasteiger partial charge on any atom is -0.458 e. The van der Waals surface area contributed by atoms with Gasteiger partial charge in [-0.25, -0.2) is 9.59 Å². The number of carbonyl (C=O) groups is 3. The van der Waals surface area contributed by atoms with Gasteiger partial charge in [0.25, 0.3) is 0 Å². The van der Waals surface area contributed by atoms with Crippen LogP contribution in [-0.2, 0) is 25.7 Å². The molecule has 0 spiro atoms. The summed E-state index contributed by atoms with van der Waals surface area (Å²) in [4.78, 5) is 35.4. The first kappa shape index (κ1) is 20.7. The highest BCUT2D eigenvalue weighted by Gasteiger charge is 2.51. The summed E-state index contributed by atoms with van der Waals surface area (Å²) in [6.07, 6.45) is 1.49. The Kier molecular flexibility index (Phi) is 6.82. The molecule has 0 aliphatic carbocycles. The first-order valence-corrected chi connectivity index (χ1v) is 9.19. The molecule has 1 aliphatic rings. The number of β-lactam (4-membered cyclic amide) rings is 1. The summed E-state index contributed by atoms with van der Waals surface area (Å²) in [5.74, 6) is -0.548. The summed E-state index contributed by atoms with van der Waals surface area (Å²) in [5, 5.41) is 5.38. The summed E-state index contributed by atoms with van der Waals surface area (Å²) >= 11 is 0. The molecule has 1 atom stereocenters. The highest BCUT2D eigenvalue weighted by molar-refractivity contribution is 5.99. The topological polar surface area (TPSA) is 93.7 Å². The maximum absolute atomic E-state index is 12.4. The van der Waals surface area contributed by atoms with Gasteiger partial charge in [0, 0.05) is 6.54 Å². The second kappa shape index (κ2) is 8.88. The maximum atomic E-state index is 12.4. The number of amides is 2. The van der Waals surface area contributed by atoms with Crippen molar-refractivity contribution in [2.45, 2.75) is 64.2 Å². The van der Waals surface area contributed by atoms with Gasteiger partial charge in [0.2, 0.25) is 5.91 Å². The van der Waals surface area contributed by atoms with Crippen molar-refractivity contribution in [2.75, 3.05) is 6.54 Å². The molecule has 0 bridgehead atoms. The smallest absolute Gasteiger partial charge is 0.407 e. The number of rotatable bonds is 8. The fourth-order valence-corrected chi connectivity index (χ4v) is 2.79. The Bertz CT molecular complexity index is 659. The molecule has 2 N–H and O–H groups in total. The fourth-order valence-electron chi connectivity index (χ4n) is 2.79. The quantitative estimate of drug-likeness (QED) is 0.413. The minimum atomic E-state index is -0.932. The number of benzene rings is 1. The lowest BCUT2D eigenvalue weighted by Gasteiger charge is -2.41. The van der Waals surface area contributed by atoms with E-state index in [1.165, 1.54) is 0 Å². The number of nitrogens with one attached hydrogen (secondary N) is 2. The number of ether oxygens (including phenoxy) is 2. The molecular formula is C20H28N2O5. The van der Waals surface area contributed by atoms with Crippen molar-refractivity contribution in [3.05, 3.63) is 35.9 Å². The standard InChI is InChI=1S/C20H28N2O5/c1-19(2,3)27-17(24)20(13-16(23)22-20)11-7-8-12-21-18(25)26-14-15-9-5-4-6-10-15/h4-6,9-10H,7-8,11-14H2,1-3H3,(H,21,25)(H,22,23).